The minimum Gasteiger partial charge on any atom is -0.493 e. The van der Waals surface area contributed by atoms with E-state index in [9.17, 15) is 5.11 Å². The van der Waals surface area contributed by atoms with Crippen LogP contribution in [0.5, 0.6) is 11.5 Å². The first-order valence-corrected chi connectivity index (χ1v) is 9.35. The Morgan fingerprint density at radius 3 is 2.41 bits per heavy atom. The van der Waals surface area contributed by atoms with Gasteiger partial charge in [-0.05, 0) is 50.8 Å². The second-order valence-electron chi connectivity index (χ2n) is 7.11. The topological polar surface area (TPSA) is 45.2 Å². The van der Waals surface area contributed by atoms with E-state index in [1.54, 1.807) is 7.11 Å². The van der Waals surface area contributed by atoms with E-state index in [4.69, 9.17) is 9.47 Å². The molecule has 27 heavy (non-hydrogen) atoms. The van der Waals surface area contributed by atoms with Crippen LogP contribution < -0.4 is 9.47 Å². The van der Waals surface area contributed by atoms with Crippen LogP contribution in [-0.4, -0.2) is 62.9 Å². The van der Waals surface area contributed by atoms with Crippen molar-refractivity contribution in [2.24, 2.45) is 0 Å². The summed E-state index contributed by atoms with van der Waals surface area (Å²) in [6.07, 6.45) is 0.468. The highest BCUT2D eigenvalue weighted by atomic mass is 16.5. The van der Waals surface area contributed by atoms with Crippen LogP contribution in [0, 0.1) is 0 Å². The molecule has 0 aromatic heterocycles. The lowest BCUT2D eigenvalue weighted by molar-refractivity contribution is 0.124. The minimum atomic E-state index is -0.502. The van der Waals surface area contributed by atoms with Gasteiger partial charge in [0, 0.05) is 19.6 Å². The Bertz CT molecular complexity index is 677. The summed E-state index contributed by atoms with van der Waals surface area (Å²) in [4.78, 5) is 4.24. The Hall–Kier alpha value is -2.08. The zero-order valence-electron chi connectivity index (χ0n) is 16.9. The Morgan fingerprint density at radius 2 is 1.74 bits per heavy atom. The first-order chi connectivity index (χ1) is 13.0. The van der Waals surface area contributed by atoms with Crippen LogP contribution in [0.2, 0.25) is 0 Å². The first-order valence-electron chi connectivity index (χ1n) is 9.35. The quantitative estimate of drug-likeness (QED) is 0.614. The van der Waals surface area contributed by atoms with Gasteiger partial charge in [0.2, 0.25) is 0 Å². The molecule has 0 saturated heterocycles. The molecule has 0 saturated carbocycles. The highest BCUT2D eigenvalue weighted by molar-refractivity contribution is 5.43. The number of hydrogen-bond acceptors (Lipinski definition) is 5. The summed E-state index contributed by atoms with van der Waals surface area (Å²) in [5, 5.41) is 10.4. The van der Waals surface area contributed by atoms with Crippen LogP contribution in [0.15, 0.2) is 48.5 Å². The Labute approximate surface area is 163 Å². The van der Waals surface area contributed by atoms with E-state index in [1.807, 2.05) is 49.5 Å². The number of hydrogen-bond donors (Lipinski definition) is 1. The van der Waals surface area contributed by atoms with Crippen molar-refractivity contribution in [2.75, 3.05) is 47.9 Å². The molecule has 1 atom stereocenters. The van der Waals surface area contributed by atoms with Crippen molar-refractivity contribution in [3.8, 4) is 11.5 Å². The third kappa shape index (κ3) is 7.21. The van der Waals surface area contributed by atoms with Gasteiger partial charge in [0.05, 0.1) is 19.8 Å². The first kappa shape index (κ1) is 21.2. The molecular formula is C22H32N2O3. The van der Waals surface area contributed by atoms with Crippen molar-refractivity contribution in [1.29, 1.82) is 0 Å². The van der Waals surface area contributed by atoms with E-state index in [2.05, 4.69) is 30.0 Å². The maximum Gasteiger partial charge on any atom is 0.161 e. The predicted molar refractivity (Wildman–Crippen MR) is 109 cm³/mol. The highest BCUT2D eigenvalue weighted by Crippen LogP contribution is 2.29. The summed E-state index contributed by atoms with van der Waals surface area (Å²) < 4.78 is 11.3. The van der Waals surface area contributed by atoms with Gasteiger partial charge in [0.25, 0.3) is 0 Å². The molecule has 0 aliphatic carbocycles. The minimum absolute atomic E-state index is 0.502. The largest absolute Gasteiger partial charge is 0.493 e. The van der Waals surface area contributed by atoms with Crippen LogP contribution in [0.25, 0.3) is 0 Å². The maximum atomic E-state index is 10.4. The standard InChI is InChI=1S/C22H32N2O3/c1-23(2)13-8-14-27-21-12-11-18(15-22(21)26-4)16-24(3)17-20(25)19-9-6-5-7-10-19/h5-7,9-12,15,20,25H,8,13-14,16-17H2,1-4H3. The van der Waals surface area contributed by atoms with Crippen molar-refractivity contribution in [3.05, 3.63) is 59.7 Å². The molecule has 0 bridgehead atoms. The summed E-state index contributed by atoms with van der Waals surface area (Å²) in [7, 11) is 7.78. The fourth-order valence-corrected chi connectivity index (χ4v) is 2.94. The number of benzene rings is 2. The lowest BCUT2D eigenvalue weighted by atomic mass is 10.1. The molecule has 0 radical (unpaired) electrons. The molecule has 2 aromatic carbocycles. The average Bonchev–Trinajstić information content (AvgIpc) is 2.66. The van der Waals surface area contributed by atoms with Crippen molar-refractivity contribution >= 4 is 0 Å². The van der Waals surface area contributed by atoms with Crippen LogP contribution >= 0.6 is 0 Å². The van der Waals surface area contributed by atoms with Crippen molar-refractivity contribution in [1.82, 2.24) is 9.80 Å². The van der Waals surface area contributed by atoms with Gasteiger partial charge < -0.3 is 19.5 Å². The lowest BCUT2D eigenvalue weighted by Crippen LogP contribution is -2.24. The molecule has 0 spiro atoms. The van der Waals surface area contributed by atoms with Gasteiger partial charge in [0.15, 0.2) is 11.5 Å². The zero-order valence-corrected chi connectivity index (χ0v) is 16.9. The van der Waals surface area contributed by atoms with Gasteiger partial charge in [0.1, 0.15) is 0 Å². The Balaban J connectivity index is 1.90. The smallest absolute Gasteiger partial charge is 0.161 e. The molecule has 2 aromatic rings. The lowest BCUT2D eigenvalue weighted by Gasteiger charge is -2.21. The summed E-state index contributed by atoms with van der Waals surface area (Å²) in [5.41, 5.74) is 2.05. The molecule has 0 heterocycles. The van der Waals surface area contributed by atoms with Gasteiger partial charge in [-0.25, -0.2) is 0 Å². The molecule has 148 valence electrons. The number of aliphatic hydroxyl groups is 1. The normalized spacial score (nSPS) is 12.4. The monoisotopic (exact) mass is 372 g/mol. The fourth-order valence-electron chi connectivity index (χ4n) is 2.94. The molecule has 1 unspecified atom stereocenters. The third-order valence-corrected chi connectivity index (χ3v) is 4.36. The second kappa shape index (κ2) is 10.9. The van der Waals surface area contributed by atoms with E-state index < -0.39 is 6.10 Å². The van der Waals surface area contributed by atoms with Gasteiger partial charge in [-0.3, -0.25) is 4.90 Å². The molecule has 5 nitrogen and oxygen atoms in total. The average molecular weight is 373 g/mol. The molecule has 1 N–H and O–H groups in total. The second-order valence-corrected chi connectivity index (χ2v) is 7.11. The molecule has 5 heteroatoms. The summed E-state index contributed by atoms with van der Waals surface area (Å²) in [6, 6.07) is 15.8. The summed E-state index contributed by atoms with van der Waals surface area (Å²) in [5.74, 6) is 1.52. The number of rotatable bonds is 11. The number of methoxy groups -OCH3 is 1. The van der Waals surface area contributed by atoms with Crippen LogP contribution in [0.4, 0.5) is 0 Å². The number of ether oxygens (including phenoxy) is 2. The van der Waals surface area contributed by atoms with Gasteiger partial charge >= 0.3 is 0 Å². The van der Waals surface area contributed by atoms with Crippen LogP contribution in [0.1, 0.15) is 23.7 Å². The molecule has 0 amide bonds. The van der Waals surface area contributed by atoms with E-state index in [-0.39, 0.29) is 0 Å². The molecule has 0 fully saturated rings. The number of nitrogens with zero attached hydrogens (tertiary/aromatic N) is 2. The Morgan fingerprint density at radius 1 is 1.00 bits per heavy atom. The SMILES string of the molecule is COc1cc(CN(C)CC(O)c2ccccc2)ccc1OCCCN(C)C. The molecular weight excluding hydrogens is 340 g/mol. The molecule has 2 rings (SSSR count). The van der Waals surface area contributed by atoms with E-state index in [0.717, 1.165) is 42.1 Å². The molecule has 0 aliphatic rings. The summed E-state index contributed by atoms with van der Waals surface area (Å²) in [6.45, 7) is 2.95. The van der Waals surface area contributed by atoms with Gasteiger partial charge in [-0.2, -0.15) is 0 Å². The fraction of sp³-hybridized carbons (Fsp3) is 0.455. The predicted octanol–water partition coefficient (Wildman–Crippen LogP) is 3.19. The van der Waals surface area contributed by atoms with Crippen molar-refractivity contribution in [3.63, 3.8) is 0 Å². The third-order valence-electron chi connectivity index (χ3n) is 4.36. The number of likely N-dealkylation sites (N-methyl/N-ethyl adjacent to an activating group) is 1. The highest BCUT2D eigenvalue weighted by Gasteiger charge is 2.12. The zero-order chi connectivity index (χ0) is 19.6. The maximum absolute atomic E-state index is 10.4. The Kier molecular flexibility index (Phi) is 8.58. The van der Waals surface area contributed by atoms with E-state index in [1.165, 1.54) is 0 Å². The number of aliphatic hydroxyl groups excluding tert-OH is 1. The van der Waals surface area contributed by atoms with Gasteiger partial charge in [-0.15, -0.1) is 0 Å². The van der Waals surface area contributed by atoms with Crippen LogP contribution in [0.3, 0.4) is 0 Å². The summed E-state index contributed by atoms with van der Waals surface area (Å²) >= 11 is 0. The van der Waals surface area contributed by atoms with Gasteiger partial charge in [-0.1, -0.05) is 36.4 Å². The van der Waals surface area contributed by atoms with Crippen molar-refractivity contribution < 1.29 is 14.6 Å². The van der Waals surface area contributed by atoms with Crippen molar-refractivity contribution in [2.45, 2.75) is 19.1 Å². The molecule has 0 aliphatic heterocycles. The van der Waals surface area contributed by atoms with E-state index in [0.29, 0.717) is 13.2 Å². The van der Waals surface area contributed by atoms with E-state index >= 15 is 0 Å². The van der Waals surface area contributed by atoms with Crippen LogP contribution in [-0.2, 0) is 6.54 Å².